The normalized spacial score (nSPS) is 17.1. The largest absolute Gasteiger partial charge is 0.493 e. The van der Waals surface area contributed by atoms with Gasteiger partial charge in [0, 0.05) is 5.56 Å². The molecule has 0 aromatic heterocycles. The fourth-order valence-corrected chi connectivity index (χ4v) is 2.37. The van der Waals surface area contributed by atoms with Gasteiger partial charge >= 0.3 is 0 Å². The van der Waals surface area contributed by atoms with Gasteiger partial charge in [0.05, 0.1) is 13.2 Å². The Morgan fingerprint density at radius 2 is 2.00 bits per heavy atom. The zero-order valence-corrected chi connectivity index (χ0v) is 9.99. The molecule has 1 saturated carbocycles. The first kappa shape index (κ1) is 12.4. The van der Waals surface area contributed by atoms with Gasteiger partial charge in [0.15, 0.2) is 0 Å². The van der Waals surface area contributed by atoms with Crippen molar-refractivity contribution >= 4 is 0 Å². The Hall–Kier alpha value is -1.09. The van der Waals surface area contributed by atoms with E-state index in [9.17, 15) is 4.39 Å². The van der Waals surface area contributed by atoms with Crippen LogP contribution in [0.2, 0.25) is 0 Å². The zero-order chi connectivity index (χ0) is 12.1. The predicted octanol–water partition coefficient (Wildman–Crippen LogP) is 3.28. The van der Waals surface area contributed by atoms with E-state index in [2.05, 4.69) is 0 Å². The van der Waals surface area contributed by atoms with Crippen LogP contribution in [0.1, 0.15) is 37.7 Å². The van der Waals surface area contributed by atoms with Crippen LogP contribution in [-0.2, 0) is 6.61 Å². The fraction of sp³-hybridized carbons (Fsp3) is 0.571. The molecule has 1 fully saturated rings. The summed E-state index contributed by atoms with van der Waals surface area (Å²) in [5, 5.41) is 9.13. The van der Waals surface area contributed by atoms with Crippen molar-refractivity contribution in [3.8, 4) is 5.75 Å². The SMILES string of the molecule is OCc1cc(F)ccc1OCC1CCCCC1. The molecule has 2 nitrogen and oxygen atoms in total. The third-order valence-electron chi connectivity index (χ3n) is 3.39. The number of benzene rings is 1. The van der Waals surface area contributed by atoms with Crippen LogP contribution in [0.4, 0.5) is 4.39 Å². The maximum Gasteiger partial charge on any atom is 0.125 e. The van der Waals surface area contributed by atoms with Gasteiger partial charge in [-0.15, -0.1) is 0 Å². The van der Waals surface area contributed by atoms with Crippen molar-refractivity contribution < 1.29 is 14.2 Å². The molecular formula is C14H19FO2. The third-order valence-corrected chi connectivity index (χ3v) is 3.39. The lowest BCUT2D eigenvalue weighted by Gasteiger charge is -2.22. The van der Waals surface area contributed by atoms with Gasteiger partial charge in [-0.3, -0.25) is 0 Å². The van der Waals surface area contributed by atoms with E-state index >= 15 is 0 Å². The van der Waals surface area contributed by atoms with Gasteiger partial charge in [0.25, 0.3) is 0 Å². The lowest BCUT2D eigenvalue weighted by atomic mass is 9.90. The molecule has 1 N–H and O–H groups in total. The Kier molecular flexibility index (Phi) is 4.37. The van der Waals surface area contributed by atoms with Gasteiger partial charge in [-0.05, 0) is 37.0 Å². The summed E-state index contributed by atoms with van der Waals surface area (Å²) >= 11 is 0. The summed E-state index contributed by atoms with van der Waals surface area (Å²) in [7, 11) is 0. The summed E-state index contributed by atoms with van der Waals surface area (Å²) < 4.78 is 18.7. The highest BCUT2D eigenvalue weighted by Gasteiger charge is 2.14. The molecule has 0 radical (unpaired) electrons. The number of aliphatic hydroxyl groups is 1. The molecular weight excluding hydrogens is 219 g/mol. The molecule has 0 amide bonds. The van der Waals surface area contributed by atoms with Gasteiger partial charge in [-0.25, -0.2) is 4.39 Å². The first-order valence-electron chi connectivity index (χ1n) is 6.31. The van der Waals surface area contributed by atoms with Gasteiger partial charge in [-0.1, -0.05) is 19.3 Å². The summed E-state index contributed by atoms with van der Waals surface area (Å²) in [6.45, 7) is 0.496. The average Bonchev–Trinajstić information content (AvgIpc) is 2.38. The van der Waals surface area contributed by atoms with Crippen molar-refractivity contribution in [1.29, 1.82) is 0 Å². The summed E-state index contributed by atoms with van der Waals surface area (Å²) in [5.74, 6) is 0.888. The number of halogens is 1. The molecule has 0 atom stereocenters. The first-order valence-corrected chi connectivity index (χ1v) is 6.31. The Bertz CT molecular complexity index is 359. The minimum absolute atomic E-state index is 0.183. The Balaban J connectivity index is 1.93. The van der Waals surface area contributed by atoms with E-state index in [4.69, 9.17) is 9.84 Å². The molecule has 2 rings (SSSR count). The molecule has 1 aliphatic rings. The molecule has 1 aliphatic carbocycles. The van der Waals surface area contributed by atoms with Crippen molar-refractivity contribution in [2.24, 2.45) is 5.92 Å². The van der Waals surface area contributed by atoms with Gasteiger partial charge in [-0.2, -0.15) is 0 Å². The van der Waals surface area contributed by atoms with Crippen molar-refractivity contribution in [3.05, 3.63) is 29.6 Å². The van der Waals surface area contributed by atoms with Crippen molar-refractivity contribution in [3.63, 3.8) is 0 Å². The predicted molar refractivity (Wildman–Crippen MR) is 64.4 cm³/mol. The maximum absolute atomic E-state index is 13.0. The van der Waals surface area contributed by atoms with Crippen molar-refractivity contribution in [2.45, 2.75) is 38.7 Å². The van der Waals surface area contributed by atoms with E-state index in [0.717, 1.165) is 0 Å². The highest BCUT2D eigenvalue weighted by atomic mass is 19.1. The Morgan fingerprint density at radius 1 is 1.24 bits per heavy atom. The van der Waals surface area contributed by atoms with Crippen LogP contribution in [0.15, 0.2) is 18.2 Å². The second-order valence-electron chi connectivity index (χ2n) is 4.73. The van der Waals surface area contributed by atoms with Crippen LogP contribution < -0.4 is 4.74 Å². The molecule has 0 aliphatic heterocycles. The monoisotopic (exact) mass is 238 g/mol. The van der Waals surface area contributed by atoms with Crippen molar-refractivity contribution in [1.82, 2.24) is 0 Å². The van der Waals surface area contributed by atoms with Gasteiger partial charge in [0.2, 0.25) is 0 Å². The van der Waals surface area contributed by atoms with Crippen LogP contribution in [-0.4, -0.2) is 11.7 Å². The number of rotatable bonds is 4. The number of aliphatic hydroxyl groups excluding tert-OH is 1. The van der Waals surface area contributed by atoms with E-state index in [1.54, 1.807) is 6.07 Å². The molecule has 0 spiro atoms. The summed E-state index contributed by atoms with van der Waals surface area (Å²) in [5.41, 5.74) is 0.529. The first-order chi connectivity index (χ1) is 8.29. The summed E-state index contributed by atoms with van der Waals surface area (Å²) in [4.78, 5) is 0. The molecule has 0 bridgehead atoms. The van der Waals surface area contributed by atoms with Gasteiger partial charge in [0.1, 0.15) is 11.6 Å². The highest BCUT2D eigenvalue weighted by molar-refractivity contribution is 5.33. The minimum atomic E-state index is -0.334. The van der Waals surface area contributed by atoms with Crippen LogP contribution in [0.25, 0.3) is 0 Å². The second kappa shape index (κ2) is 6.01. The van der Waals surface area contributed by atoms with E-state index in [-0.39, 0.29) is 12.4 Å². The average molecular weight is 238 g/mol. The smallest absolute Gasteiger partial charge is 0.125 e. The molecule has 1 aromatic rings. The third kappa shape index (κ3) is 3.43. The summed E-state index contributed by atoms with van der Waals surface area (Å²) in [6, 6.07) is 4.30. The van der Waals surface area contributed by atoms with Gasteiger partial charge < -0.3 is 9.84 Å². The number of ether oxygens (including phenoxy) is 1. The molecule has 3 heteroatoms. The Labute approximate surface area is 101 Å². The number of hydrogen-bond donors (Lipinski definition) is 1. The second-order valence-corrected chi connectivity index (χ2v) is 4.73. The standard InChI is InChI=1S/C14H19FO2/c15-13-6-7-14(12(8-13)9-16)17-10-11-4-2-1-3-5-11/h6-8,11,16H,1-5,9-10H2. The van der Waals surface area contributed by atoms with E-state index in [1.165, 1.54) is 44.2 Å². The van der Waals surface area contributed by atoms with E-state index < -0.39 is 0 Å². The van der Waals surface area contributed by atoms with Crippen LogP contribution in [0.5, 0.6) is 5.75 Å². The highest BCUT2D eigenvalue weighted by Crippen LogP contribution is 2.26. The molecule has 0 heterocycles. The lowest BCUT2D eigenvalue weighted by molar-refractivity contribution is 0.201. The molecule has 94 valence electrons. The topological polar surface area (TPSA) is 29.5 Å². The quantitative estimate of drug-likeness (QED) is 0.872. The Morgan fingerprint density at radius 3 is 2.71 bits per heavy atom. The fourth-order valence-electron chi connectivity index (χ4n) is 2.37. The molecule has 17 heavy (non-hydrogen) atoms. The lowest BCUT2D eigenvalue weighted by Crippen LogP contribution is -2.15. The molecule has 0 saturated heterocycles. The van der Waals surface area contributed by atoms with E-state index in [1.807, 2.05) is 0 Å². The molecule has 0 unspecified atom stereocenters. The maximum atomic E-state index is 13.0. The van der Waals surface area contributed by atoms with Crippen LogP contribution in [0.3, 0.4) is 0 Å². The minimum Gasteiger partial charge on any atom is -0.493 e. The van der Waals surface area contributed by atoms with Crippen LogP contribution in [0, 0.1) is 11.7 Å². The zero-order valence-electron chi connectivity index (χ0n) is 9.99. The van der Waals surface area contributed by atoms with Crippen LogP contribution >= 0.6 is 0 Å². The summed E-state index contributed by atoms with van der Waals surface area (Å²) in [6.07, 6.45) is 6.33. The van der Waals surface area contributed by atoms with E-state index in [0.29, 0.717) is 23.8 Å². The van der Waals surface area contributed by atoms with Crippen molar-refractivity contribution in [2.75, 3.05) is 6.61 Å². The number of hydrogen-bond acceptors (Lipinski definition) is 2. The molecule has 1 aromatic carbocycles.